The highest BCUT2D eigenvalue weighted by atomic mass is 79.9. The number of hydrogen-bond donors (Lipinski definition) is 1. The van der Waals surface area contributed by atoms with E-state index in [1.807, 2.05) is 56.3 Å². The molecule has 3 aromatic rings. The average molecular weight is 545 g/mol. The summed E-state index contributed by atoms with van der Waals surface area (Å²) in [5.74, 6) is 0.176. The first-order valence-corrected chi connectivity index (χ1v) is 13.2. The van der Waals surface area contributed by atoms with Crippen LogP contribution in [-0.2, 0) is 27.7 Å². The Hall–Kier alpha value is -2.68. The van der Waals surface area contributed by atoms with Crippen LogP contribution in [0.3, 0.4) is 0 Å². The number of nitrogens with zero attached hydrogens (tertiary/aromatic N) is 1. The summed E-state index contributed by atoms with van der Waals surface area (Å²) in [7, 11) is -2.38. The summed E-state index contributed by atoms with van der Waals surface area (Å²) in [4.78, 5) is 13.2. The topological polar surface area (TPSA) is 75.7 Å². The van der Waals surface area contributed by atoms with Crippen molar-refractivity contribution in [3.63, 3.8) is 0 Å². The smallest absolute Gasteiger partial charge is 0.243 e. The lowest BCUT2D eigenvalue weighted by atomic mass is 10.1. The summed E-state index contributed by atoms with van der Waals surface area (Å²) in [5.41, 5.74) is 3.61. The van der Waals surface area contributed by atoms with Gasteiger partial charge in [-0.15, -0.1) is 0 Å². The summed E-state index contributed by atoms with van der Waals surface area (Å²) >= 11 is 3.49. The third-order valence-electron chi connectivity index (χ3n) is 5.54. The Balaban J connectivity index is 1.86. The number of carbonyl (C=O) groups is 1. The molecule has 0 unspecified atom stereocenters. The number of rotatable bonds is 10. The SMILES string of the molecule is CCc1cc(Br)cc(C)c1NC(=O)CN(CCc1ccccc1)S(=O)(=O)c1ccc(OC)cc1. The van der Waals surface area contributed by atoms with Gasteiger partial charge in [0.05, 0.1) is 18.6 Å². The van der Waals surface area contributed by atoms with Crippen LogP contribution in [-0.4, -0.2) is 38.8 Å². The predicted molar refractivity (Wildman–Crippen MR) is 139 cm³/mol. The highest BCUT2D eigenvalue weighted by Gasteiger charge is 2.27. The molecule has 0 spiro atoms. The number of hydrogen-bond acceptors (Lipinski definition) is 4. The van der Waals surface area contributed by atoms with Crippen molar-refractivity contribution in [2.24, 2.45) is 0 Å². The Bertz CT molecular complexity index is 1230. The molecule has 34 heavy (non-hydrogen) atoms. The summed E-state index contributed by atoms with van der Waals surface area (Å²) in [6, 6.07) is 19.7. The second kappa shape index (κ2) is 11.6. The fourth-order valence-corrected chi connectivity index (χ4v) is 5.71. The number of benzene rings is 3. The monoisotopic (exact) mass is 544 g/mol. The zero-order chi connectivity index (χ0) is 24.7. The number of carbonyl (C=O) groups excluding carboxylic acids is 1. The van der Waals surface area contributed by atoms with Gasteiger partial charge in [-0.1, -0.05) is 53.2 Å². The standard InChI is InChI=1S/C26H29BrN2O4S/c1-4-21-17-22(27)16-19(2)26(21)28-25(30)18-29(15-14-20-8-6-5-7-9-20)34(31,32)24-12-10-23(33-3)11-13-24/h5-13,16-17H,4,14-15,18H2,1-3H3,(H,28,30). The molecule has 180 valence electrons. The molecule has 0 aliphatic carbocycles. The summed E-state index contributed by atoms with van der Waals surface area (Å²) in [6.45, 7) is 3.81. The normalized spacial score (nSPS) is 11.4. The van der Waals surface area contributed by atoms with E-state index in [0.717, 1.165) is 33.3 Å². The van der Waals surface area contributed by atoms with Crippen molar-refractivity contribution in [2.75, 3.05) is 25.5 Å². The van der Waals surface area contributed by atoms with E-state index in [0.29, 0.717) is 12.2 Å². The molecule has 0 atom stereocenters. The first-order valence-electron chi connectivity index (χ1n) is 11.0. The van der Waals surface area contributed by atoms with Gasteiger partial charge in [-0.25, -0.2) is 8.42 Å². The highest BCUT2D eigenvalue weighted by molar-refractivity contribution is 9.10. The maximum absolute atomic E-state index is 13.5. The van der Waals surface area contributed by atoms with E-state index in [1.165, 1.54) is 23.5 Å². The number of methoxy groups -OCH3 is 1. The second-order valence-corrected chi connectivity index (χ2v) is 10.8. The zero-order valence-corrected chi connectivity index (χ0v) is 21.9. The Kier molecular flexibility index (Phi) is 8.88. The van der Waals surface area contributed by atoms with Crippen molar-refractivity contribution in [3.05, 3.63) is 87.9 Å². The van der Waals surface area contributed by atoms with Gasteiger partial charge < -0.3 is 10.1 Å². The molecule has 1 amide bonds. The van der Waals surface area contributed by atoms with Gasteiger partial charge >= 0.3 is 0 Å². The Labute approximate surface area is 210 Å². The molecule has 6 nitrogen and oxygen atoms in total. The van der Waals surface area contributed by atoms with Crippen molar-refractivity contribution in [1.82, 2.24) is 4.31 Å². The number of amides is 1. The van der Waals surface area contributed by atoms with E-state index in [4.69, 9.17) is 4.74 Å². The third-order valence-corrected chi connectivity index (χ3v) is 7.85. The third kappa shape index (κ3) is 6.46. The highest BCUT2D eigenvalue weighted by Crippen LogP contribution is 2.27. The van der Waals surface area contributed by atoms with Crippen LogP contribution in [0.1, 0.15) is 23.6 Å². The number of sulfonamides is 1. The molecule has 0 aliphatic heterocycles. The lowest BCUT2D eigenvalue weighted by Gasteiger charge is -2.23. The molecule has 1 N–H and O–H groups in total. The quantitative estimate of drug-likeness (QED) is 0.380. The molecule has 0 heterocycles. The van der Waals surface area contributed by atoms with Crippen LogP contribution >= 0.6 is 15.9 Å². The van der Waals surface area contributed by atoms with Crippen molar-refractivity contribution in [1.29, 1.82) is 0 Å². The molecule has 0 fully saturated rings. The van der Waals surface area contributed by atoms with E-state index >= 15 is 0 Å². The van der Waals surface area contributed by atoms with Crippen LogP contribution in [0.2, 0.25) is 0 Å². The fraction of sp³-hybridized carbons (Fsp3) is 0.269. The summed E-state index contributed by atoms with van der Waals surface area (Å²) in [6.07, 6.45) is 1.22. The van der Waals surface area contributed by atoms with Crippen LogP contribution in [0.25, 0.3) is 0 Å². The fourth-order valence-electron chi connectivity index (χ4n) is 3.69. The van der Waals surface area contributed by atoms with Crippen LogP contribution < -0.4 is 10.1 Å². The molecular formula is C26H29BrN2O4S. The van der Waals surface area contributed by atoms with Gasteiger partial charge in [-0.3, -0.25) is 4.79 Å². The number of anilines is 1. The van der Waals surface area contributed by atoms with Crippen molar-refractivity contribution >= 4 is 37.5 Å². The van der Waals surface area contributed by atoms with Gasteiger partial charge in [0.2, 0.25) is 15.9 Å². The van der Waals surface area contributed by atoms with Crippen molar-refractivity contribution in [3.8, 4) is 5.75 Å². The molecular weight excluding hydrogens is 516 g/mol. The maximum Gasteiger partial charge on any atom is 0.243 e. The molecule has 3 rings (SSSR count). The molecule has 0 radical (unpaired) electrons. The van der Waals surface area contributed by atoms with Crippen LogP contribution in [0.15, 0.2) is 76.1 Å². The number of aryl methyl sites for hydroxylation is 2. The maximum atomic E-state index is 13.5. The van der Waals surface area contributed by atoms with Gasteiger partial charge in [0.25, 0.3) is 0 Å². The first kappa shape index (κ1) is 25.9. The summed E-state index contributed by atoms with van der Waals surface area (Å²) < 4.78 is 34.3. The van der Waals surface area contributed by atoms with Crippen LogP contribution in [0.5, 0.6) is 5.75 Å². The van der Waals surface area contributed by atoms with Crippen LogP contribution in [0.4, 0.5) is 5.69 Å². The molecule has 0 saturated heterocycles. The molecule has 0 bridgehead atoms. The average Bonchev–Trinajstić information content (AvgIpc) is 2.83. The Morgan fingerprint density at radius 3 is 2.35 bits per heavy atom. The Morgan fingerprint density at radius 1 is 1.06 bits per heavy atom. The van der Waals surface area contributed by atoms with E-state index in [1.54, 1.807) is 12.1 Å². The lowest BCUT2D eigenvalue weighted by Crippen LogP contribution is -2.39. The second-order valence-electron chi connectivity index (χ2n) is 7.91. The van der Waals surface area contributed by atoms with Gasteiger partial charge in [-0.05, 0) is 72.9 Å². The molecule has 3 aromatic carbocycles. The van der Waals surface area contributed by atoms with E-state index in [-0.39, 0.29) is 23.9 Å². The zero-order valence-electron chi connectivity index (χ0n) is 19.5. The van der Waals surface area contributed by atoms with Gasteiger partial charge in [0.1, 0.15) is 5.75 Å². The van der Waals surface area contributed by atoms with Crippen LogP contribution in [0, 0.1) is 6.92 Å². The van der Waals surface area contributed by atoms with E-state index in [2.05, 4.69) is 21.2 Å². The minimum Gasteiger partial charge on any atom is -0.497 e. The van der Waals surface area contributed by atoms with Crippen molar-refractivity contribution in [2.45, 2.75) is 31.6 Å². The van der Waals surface area contributed by atoms with E-state index < -0.39 is 10.0 Å². The molecule has 0 saturated carbocycles. The molecule has 0 aromatic heterocycles. The minimum atomic E-state index is -3.91. The van der Waals surface area contributed by atoms with Gasteiger partial charge in [0, 0.05) is 16.7 Å². The van der Waals surface area contributed by atoms with Gasteiger partial charge in [-0.2, -0.15) is 4.31 Å². The predicted octanol–water partition coefficient (Wildman–Crippen LogP) is 5.20. The minimum absolute atomic E-state index is 0.114. The number of halogens is 1. The Morgan fingerprint density at radius 2 is 1.74 bits per heavy atom. The number of nitrogens with one attached hydrogen (secondary N) is 1. The van der Waals surface area contributed by atoms with E-state index in [9.17, 15) is 13.2 Å². The number of ether oxygens (including phenoxy) is 1. The molecule has 0 aliphatic rings. The van der Waals surface area contributed by atoms with Crippen molar-refractivity contribution < 1.29 is 17.9 Å². The largest absolute Gasteiger partial charge is 0.497 e. The summed E-state index contributed by atoms with van der Waals surface area (Å²) in [5, 5.41) is 2.94. The lowest BCUT2D eigenvalue weighted by molar-refractivity contribution is -0.116. The van der Waals surface area contributed by atoms with Gasteiger partial charge in [0.15, 0.2) is 0 Å². The molecule has 8 heteroatoms. The first-order chi connectivity index (χ1) is 16.2.